The first kappa shape index (κ1) is 25.7. The topological polar surface area (TPSA) is 46.3 Å². The fourth-order valence-corrected chi connectivity index (χ4v) is 5.08. The zero-order chi connectivity index (χ0) is 23.3. The number of likely N-dealkylation sites (tertiary alicyclic amines) is 1. The van der Waals surface area contributed by atoms with Gasteiger partial charge < -0.3 is 9.42 Å². The van der Waals surface area contributed by atoms with Crippen LogP contribution in [0.5, 0.6) is 0 Å². The highest BCUT2D eigenvalue weighted by molar-refractivity contribution is 5.80. The van der Waals surface area contributed by atoms with Crippen molar-refractivity contribution in [2.45, 2.75) is 116 Å². The van der Waals surface area contributed by atoms with Crippen LogP contribution in [0.15, 0.2) is 22.7 Å². The van der Waals surface area contributed by atoms with Crippen LogP contribution in [0.25, 0.3) is 11.0 Å². The van der Waals surface area contributed by atoms with E-state index in [1.165, 1.54) is 89.2 Å². The van der Waals surface area contributed by atoms with Crippen LogP contribution >= 0.6 is 0 Å². The molecule has 1 amide bonds. The summed E-state index contributed by atoms with van der Waals surface area (Å²) < 4.78 is 18.7. The highest BCUT2D eigenvalue weighted by Gasteiger charge is 2.27. The van der Waals surface area contributed by atoms with Crippen LogP contribution in [-0.4, -0.2) is 29.1 Å². The summed E-state index contributed by atoms with van der Waals surface area (Å²) in [7, 11) is 0. The molecule has 0 bridgehead atoms. The zero-order valence-electron chi connectivity index (χ0n) is 20.6. The maximum Gasteiger partial charge on any atom is 0.222 e. The number of hydrogen-bond acceptors (Lipinski definition) is 3. The van der Waals surface area contributed by atoms with Gasteiger partial charge in [-0.25, -0.2) is 4.39 Å². The molecule has 0 spiro atoms. The van der Waals surface area contributed by atoms with E-state index in [4.69, 9.17) is 4.52 Å². The van der Waals surface area contributed by atoms with Crippen molar-refractivity contribution in [1.82, 2.24) is 10.1 Å². The van der Waals surface area contributed by atoms with Crippen molar-refractivity contribution in [2.75, 3.05) is 13.1 Å². The van der Waals surface area contributed by atoms with Crippen LogP contribution in [-0.2, 0) is 4.79 Å². The van der Waals surface area contributed by atoms with E-state index in [0.717, 1.165) is 43.4 Å². The van der Waals surface area contributed by atoms with Crippen molar-refractivity contribution in [2.24, 2.45) is 0 Å². The number of halogens is 1. The molecule has 1 fully saturated rings. The number of fused-ring (bicyclic) bond motifs is 1. The number of amides is 1. The van der Waals surface area contributed by atoms with Crippen LogP contribution in [0.4, 0.5) is 4.39 Å². The van der Waals surface area contributed by atoms with E-state index in [9.17, 15) is 9.18 Å². The van der Waals surface area contributed by atoms with Gasteiger partial charge in [-0.15, -0.1) is 0 Å². The van der Waals surface area contributed by atoms with Gasteiger partial charge in [0.15, 0.2) is 5.58 Å². The summed E-state index contributed by atoms with van der Waals surface area (Å²) in [6.07, 6.45) is 19.7. The molecule has 4 nitrogen and oxygen atoms in total. The summed E-state index contributed by atoms with van der Waals surface area (Å²) >= 11 is 0. The largest absolute Gasteiger partial charge is 0.356 e. The Kier molecular flexibility index (Phi) is 11.2. The molecular formula is C28H43FN2O2. The Balaban J connectivity index is 1.21. The molecule has 5 heteroatoms. The van der Waals surface area contributed by atoms with Gasteiger partial charge in [-0.2, -0.15) is 0 Å². The first-order valence-corrected chi connectivity index (χ1v) is 13.5. The number of piperidine rings is 1. The zero-order valence-corrected chi connectivity index (χ0v) is 20.6. The minimum atomic E-state index is -0.307. The van der Waals surface area contributed by atoms with Gasteiger partial charge in [0.05, 0.1) is 5.69 Å². The van der Waals surface area contributed by atoms with Gasteiger partial charge in [0, 0.05) is 36.9 Å². The second kappa shape index (κ2) is 14.4. The minimum absolute atomic E-state index is 0.275. The first-order chi connectivity index (χ1) is 16.2. The van der Waals surface area contributed by atoms with Crippen molar-refractivity contribution in [3.8, 4) is 0 Å². The molecule has 184 valence electrons. The lowest BCUT2D eigenvalue weighted by Gasteiger charge is -2.31. The Bertz CT molecular complexity index is 826. The van der Waals surface area contributed by atoms with Gasteiger partial charge in [0.2, 0.25) is 5.91 Å². The summed E-state index contributed by atoms with van der Waals surface area (Å²) in [4.78, 5) is 14.6. The van der Waals surface area contributed by atoms with Crippen molar-refractivity contribution in [3.05, 3.63) is 29.7 Å². The molecule has 0 radical (unpaired) electrons. The number of unbranched alkanes of at least 4 members (excludes halogenated alkanes) is 12. The summed E-state index contributed by atoms with van der Waals surface area (Å²) in [5, 5.41) is 5.10. The summed E-state index contributed by atoms with van der Waals surface area (Å²) in [6, 6.07) is 4.60. The predicted octanol–water partition coefficient (Wildman–Crippen LogP) is 8.15. The molecule has 0 N–H and O–H groups in total. The van der Waals surface area contributed by atoms with Crippen LogP contribution in [0.2, 0.25) is 0 Å². The van der Waals surface area contributed by atoms with Gasteiger partial charge in [0.1, 0.15) is 5.82 Å². The lowest BCUT2D eigenvalue weighted by atomic mass is 9.91. The molecule has 1 aromatic carbocycles. The molecule has 3 rings (SSSR count). The molecule has 0 unspecified atom stereocenters. The van der Waals surface area contributed by atoms with Crippen molar-refractivity contribution in [1.29, 1.82) is 0 Å². The number of hydrogen-bond donors (Lipinski definition) is 0. The molecule has 1 saturated heterocycles. The van der Waals surface area contributed by atoms with Gasteiger partial charge in [-0.1, -0.05) is 89.1 Å². The first-order valence-electron chi connectivity index (χ1n) is 13.5. The molecule has 0 aliphatic carbocycles. The maximum absolute atomic E-state index is 13.4. The third-order valence-corrected chi connectivity index (χ3v) is 7.19. The molecule has 1 aliphatic rings. The minimum Gasteiger partial charge on any atom is -0.356 e. The number of carbonyl (C=O) groups is 1. The highest BCUT2D eigenvalue weighted by Crippen LogP contribution is 2.33. The molecule has 2 heterocycles. The van der Waals surface area contributed by atoms with E-state index >= 15 is 0 Å². The number of nitrogens with zero attached hydrogens (tertiary/aromatic N) is 2. The predicted molar refractivity (Wildman–Crippen MR) is 133 cm³/mol. The summed E-state index contributed by atoms with van der Waals surface area (Å²) in [5.74, 6) is 0.263. The lowest BCUT2D eigenvalue weighted by molar-refractivity contribution is -0.132. The molecular weight excluding hydrogens is 415 g/mol. The van der Waals surface area contributed by atoms with Gasteiger partial charge in [-0.3, -0.25) is 4.79 Å². The third-order valence-electron chi connectivity index (χ3n) is 7.19. The van der Waals surface area contributed by atoms with Crippen LogP contribution in [0, 0.1) is 5.82 Å². The van der Waals surface area contributed by atoms with E-state index in [1.54, 1.807) is 6.07 Å². The number of benzene rings is 1. The van der Waals surface area contributed by atoms with E-state index < -0.39 is 0 Å². The summed E-state index contributed by atoms with van der Waals surface area (Å²) in [6.45, 7) is 3.82. The van der Waals surface area contributed by atoms with Gasteiger partial charge in [0.25, 0.3) is 0 Å². The smallest absolute Gasteiger partial charge is 0.222 e. The molecule has 1 aliphatic heterocycles. The molecule has 1 aromatic heterocycles. The number of rotatable bonds is 15. The summed E-state index contributed by atoms with van der Waals surface area (Å²) in [5.41, 5.74) is 1.42. The van der Waals surface area contributed by atoms with E-state index in [0.29, 0.717) is 17.9 Å². The SMILES string of the molecule is CCCCCCCCCCCCCCCC(=O)N1CCC(c2noc3cc(F)ccc23)CC1. The lowest BCUT2D eigenvalue weighted by Crippen LogP contribution is -2.37. The average Bonchev–Trinajstić information content (AvgIpc) is 3.25. The van der Waals surface area contributed by atoms with E-state index in [1.807, 2.05) is 4.90 Å². The Hall–Kier alpha value is -1.91. The number of aromatic nitrogens is 1. The highest BCUT2D eigenvalue weighted by atomic mass is 19.1. The second-order valence-electron chi connectivity index (χ2n) is 9.86. The maximum atomic E-state index is 13.4. The Morgan fingerprint density at radius 2 is 1.52 bits per heavy atom. The molecule has 33 heavy (non-hydrogen) atoms. The Morgan fingerprint density at radius 3 is 2.12 bits per heavy atom. The van der Waals surface area contributed by atoms with Gasteiger partial charge >= 0.3 is 0 Å². The van der Waals surface area contributed by atoms with Crippen LogP contribution in [0.3, 0.4) is 0 Å². The van der Waals surface area contributed by atoms with Crippen molar-refractivity contribution < 1.29 is 13.7 Å². The Labute approximate surface area is 199 Å². The normalized spacial score (nSPS) is 14.9. The monoisotopic (exact) mass is 458 g/mol. The average molecular weight is 459 g/mol. The van der Waals surface area contributed by atoms with E-state index in [-0.39, 0.29) is 11.7 Å². The standard InChI is InChI=1S/C28H43FN2O2/c1-2-3-4-5-6-7-8-9-10-11-12-13-14-15-27(32)31-20-18-23(19-21-31)28-25-17-16-24(29)22-26(25)33-30-28/h16-17,22-23H,2-15,18-21H2,1H3. The fraction of sp³-hybridized carbons (Fsp3) is 0.714. The Morgan fingerprint density at radius 1 is 0.939 bits per heavy atom. The van der Waals surface area contributed by atoms with E-state index in [2.05, 4.69) is 12.1 Å². The number of carbonyl (C=O) groups excluding carboxylic acids is 1. The molecule has 2 aromatic rings. The third kappa shape index (κ3) is 8.42. The van der Waals surface area contributed by atoms with Crippen LogP contribution in [0.1, 0.15) is 121 Å². The van der Waals surface area contributed by atoms with Crippen molar-refractivity contribution >= 4 is 16.9 Å². The van der Waals surface area contributed by atoms with Crippen molar-refractivity contribution in [3.63, 3.8) is 0 Å². The second-order valence-corrected chi connectivity index (χ2v) is 9.86. The fourth-order valence-electron chi connectivity index (χ4n) is 5.08. The molecule has 0 saturated carbocycles. The molecule has 0 atom stereocenters. The van der Waals surface area contributed by atoms with Gasteiger partial charge in [-0.05, 0) is 31.4 Å². The van der Waals surface area contributed by atoms with Crippen LogP contribution < -0.4 is 0 Å². The quantitative estimate of drug-likeness (QED) is 0.253.